The molecule has 3 aromatic rings. The predicted octanol–water partition coefficient (Wildman–Crippen LogP) is 0.681. The Morgan fingerprint density at radius 1 is 0.787 bits per heavy atom. The highest BCUT2D eigenvalue weighted by atomic mass is 16.5. The van der Waals surface area contributed by atoms with Crippen molar-refractivity contribution in [3.63, 3.8) is 0 Å². The van der Waals surface area contributed by atoms with Gasteiger partial charge in [-0.15, -0.1) is 0 Å². The van der Waals surface area contributed by atoms with Gasteiger partial charge >= 0.3 is 19.7 Å². The molecule has 1 fully saturated rings. The molecular formula is C33H39BN4O9. The SMILES string of the molecule is O=C(NCC(=O)N1CCC[C@H]1C(=O)N[C@@H](Cc1ccccc1)C(=O)N[C@@H](Cc1ccccc1)C(=O)O)OCc1ccccc1.OBO. The van der Waals surface area contributed by atoms with Gasteiger partial charge in [-0.05, 0) is 29.5 Å². The van der Waals surface area contributed by atoms with E-state index in [1.54, 1.807) is 48.5 Å². The van der Waals surface area contributed by atoms with Crippen LogP contribution in [0.15, 0.2) is 91.0 Å². The molecule has 1 aliphatic rings. The summed E-state index contributed by atoms with van der Waals surface area (Å²) in [6.07, 6.45) is 0.369. The second-order valence-electron chi connectivity index (χ2n) is 10.6. The number of carbonyl (C=O) groups excluding carboxylic acids is 4. The zero-order valence-corrected chi connectivity index (χ0v) is 25.8. The molecule has 0 spiro atoms. The predicted molar refractivity (Wildman–Crippen MR) is 173 cm³/mol. The molecule has 3 atom stereocenters. The number of carboxylic acids is 1. The Morgan fingerprint density at radius 2 is 1.30 bits per heavy atom. The molecule has 13 nitrogen and oxygen atoms in total. The Balaban J connectivity index is 0.00000192. The molecule has 6 N–H and O–H groups in total. The summed E-state index contributed by atoms with van der Waals surface area (Å²) in [6, 6.07) is 23.9. The molecule has 0 saturated carbocycles. The van der Waals surface area contributed by atoms with Crippen LogP contribution in [-0.2, 0) is 43.4 Å². The number of rotatable bonds is 13. The molecule has 0 aromatic heterocycles. The van der Waals surface area contributed by atoms with Gasteiger partial charge in [-0.2, -0.15) is 0 Å². The lowest BCUT2D eigenvalue weighted by Crippen LogP contribution is -2.56. The van der Waals surface area contributed by atoms with E-state index in [4.69, 9.17) is 14.8 Å². The highest BCUT2D eigenvalue weighted by molar-refractivity contribution is 6.13. The number of amides is 4. The largest absolute Gasteiger partial charge is 0.480 e. The van der Waals surface area contributed by atoms with Gasteiger partial charge in [0.1, 0.15) is 31.3 Å². The van der Waals surface area contributed by atoms with E-state index in [9.17, 15) is 29.1 Å². The van der Waals surface area contributed by atoms with Gasteiger partial charge in [0.2, 0.25) is 17.7 Å². The molecule has 14 heteroatoms. The van der Waals surface area contributed by atoms with Gasteiger partial charge in [-0.25, -0.2) is 9.59 Å². The number of benzene rings is 3. The maximum atomic E-state index is 13.5. The van der Waals surface area contributed by atoms with Crippen molar-refractivity contribution in [3.8, 4) is 0 Å². The second-order valence-corrected chi connectivity index (χ2v) is 10.6. The first-order chi connectivity index (χ1) is 22.7. The van der Waals surface area contributed by atoms with Crippen LogP contribution in [0.4, 0.5) is 4.79 Å². The van der Waals surface area contributed by atoms with Crippen LogP contribution in [0.5, 0.6) is 0 Å². The zero-order valence-electron chi connectivity index (χ0n) is 25.8. The van der Waals surface area contributed by atoms with Gasteiger partial charge in [-0.3, -0.25) is 14.4 Å². The third-order valence-corrected chi connectivity index (χ3v) is 7.29. The van der Waals surface area contributed by atoms with Gasteiger partial charge in [0.15, 0.2) is 0 Å². The first kappa shape index (κ1) is 36.3. The van der Waals surface area contributed by atoms with E-state index in [-0.39, 0.29) is 26.0 Å². The lowest BCUT2D eigenvalue weighted by molar-refractivity contribution is -0.142. The van der Waals surface area contributed by atoms with Crippen molar-refractivity contribution in [1.82, 2.24) is 20.9 Å². The molecule has 4 rings (SSSR count). The molecular weight excluding hydrogens is 607 g/mol. The van der Waals surface area contributed by atoms with E-state index in [0.29, 0.717) is 19.4 Å². The van der Waals surface area contributed by atoms with E-state index in [2.05, 4.69) is 16.0 Å². The number of likely N-dealkylation sites (tertiary alicyclic amines) is 1. The van der Waals surface area contributed by atoms with Crippen molar-refractivity contribution >= 4 is 37.5 Å². The lowest BCUT2D eigenvalue weighted by Gasteiger charge is -2.27. The van der Waals surface area contributed by atoms with Gasteiger partial charge in [0.05, 0.1) is 0 Å². The number of aliphatic carboxylic acids is 1. The number of hydrogen-bond donors (Lipinski definition) is 6. The minimum atomic E-state index is -1.21. The summed E-state index contributed by atoms with van der Waals surface area (Å²) in [7, 11) is -0.750. The Bertz CT molecular complexity index is 1450. The minimum Gasteiger partial charge on any atom is -0.480 e. The summed E-state index contributed by atoms with van der Waals surface area (Å²) >= 11 is 0. The van der Waals surface area contributed by atoms with Crippen molar-refractivity contribution < 1.29 is 43.9 Å². The van der Waals surface area contributed by atoms with Gasteiger partial charge in [0.25, 0.3) is 0 Å². The molecule has 248 valence electrons. The number of carbonyl (C=O) groups is 5. The van der Waals surface area contributed by atoms with E-state index >= 15 is 0 Å². The van der Waals surface area contributed by atoms with E-state index < -0.39 is 55.6 Å². The first-order valence-electron chi connectivity index (χ1n) is 15.1. The van der Waals surface area contributed by atoms with Crippen molar-refractivity contribution in [2.24, 2.45) is 0 Å². The van der Waals surface area contributed by atoms with Gasteiger partial charge in [-0.1, -0.05) is 91.0 Å². The number of alkyl carbamates (subject to hydrolysis) is 1. The Morgan fingerprint density at radius 3 is 1.83 bits per heavy atom. The van der Waals surface area contributed by atoms with Crippen molar-refractivity contribution in [2.45, 2.75) is 50.4 Å². The molecule has 0 unspecified atom stereocenters. The van der Waals surface area contributed by atoms with Crippen LogP contribution in [-0.4, -0.2) is 88.7 Å². The first-order valence-corrected chi connectivity index (χ1v) is 15.1. The van der Waals surface area contributed by atoms with Gasteiger partial charge < -0.3 is 40.7 Å². The average molecular weight is 647 g/mol. The fraction of sp³-hybridized carbons (Fsp3) is 0.303. The summed E-state index contributed by atoms with van der Waals surface area (Å²) in [4.78, 5) is 65.4. The third kappa shape index (κ3) is 12.3. The maximum Gasteiger partial charge on any atom is 0.432 e. The Labute approximate surface area is 273 Å². The molecule has 0 aliphatic carbocycles. The van der Waals surface area contributed by atoms with Crippen LogP contribution >= 0.6 is 0 Å². The summed E-state index contributed by atoms with van der Waals surface area (Å²) < 4.78 is 5.15. The summed E-state index contributed by atoms with van der Waals surface area (Å²) in [5.74, 6) is -2.84. The van der Waals surface area contributed by atoms with Crippen LogP contribution in [0.1, 0.15) is 29.5 Å². The van der Waals surface area contributed by atoms with Gasteiger partial charge in [0, 0.05) is 19.4 Å². The average Bonchev–Trinajstić information content (AvgIpc) is 3.58. The minimum absolute atomic E-state index is 0.0502. The van der Waals surface area contributed by atoms with Crippen LogP contribution < -0.4 is 16.0 Å². The van der Waals surface area contributed by atoms with E-state index in [1.165, 1.54) is 4.90 Å². The normalized spacial score (nSPS) is 14.8. The number of hydrogen-bond acceptors (Lipinski definition) is 8. The van der Waals surface area contributed by atoms with Crippen molar-refractivity contribution in [2.75, 3.05) is 13.1 Å². The van der Waals surface area contributed by atoms with Crippen molar-refractivity contribution in [3.05, 3.63) is 108 Å². The van der Waals surface area contributed by atoms with Crippen LogP contribution in [0.3, 0.4) is 0 Å². The highest BCUT2D eigenvalue weighted by Crippen LogP contribution is 2.18. The van der Waals surface area contributed by atoms with Crippen molar-refractivity contribution in [1.29, 1.82) is 0 Å². The summed E-state index contributed by atoms with van der Waals surface area (Å²) in [5, 5.41) is 31.8. The highest BCUT2D eigenvalue weighted by Gasteiger charge is 2.36. The number of nitrogens with zero attached hydrogens (tertiary/aromatic N) is 1. The van der Waals surface area contributed by atoms with Crippen LogP contribution in [0.25, 0.3) is 0 Å². The summed E-state index contributed by atoms with van der Waals surface area (Å²) in [5.41, 5.74) is 2.30. The number of ether oxygens (including phenoxy) is 1. The Hall–Kier alpha value is -5.21. The number of carboxylic acid groups (broad SMARTS) is 1. The molecule has 1 heterocycles. The molecule has 4 amide bonds. The quantitative estimate of drug-likeness (QED) is 0.145. The molecule has 0 radical (unpaired) electrons. The molecule has 47 heavy (non-hydrogen) atoms. The Kier molecular flexibility index (Phi) is 14.9. The fourth-order valence-corrected chi connectivity index (χ4v) is 5.01. The standard InChI is InChI=1S/C33H36N4O7.BH3O2/c38-29(21-34-33(43)44-22-25-15-8-3-9-16-25)37-18-10-17-28(37)31(40)35-26(19-23-11-4-1-5-12-23)30(39)36-27(32(41)42)20-24-13-6-2-7-14-24;2-1-3/h1-9,11-16,26-28H,10,17-22H2,(H,34,43)(H,35,40)(H,36,39)(H,41,42);1-3H/t26-,27-,28-;/m0./s1. The number of nitrogens with one attached hydrogen (secondary N) is 3. The van der Waals surface area contributed by atoms with Crippen LogP contribution in [0.2, 0.25) is 0 Å². The molecule has 1 aliphatic heterocycles. The topological polar surface area (TPSA) is 195 Å². The smallest absolute Gasteiger partial charge is 0.432 e. The second kappa shape index (κ2) is 19.3. The molecule has 0 bridgehead atoms. The molecule has 3 aromatic carbocycles. The lowest BCUT2D eigenvalue weighted by atomic mass is 10.0. The summed E-state index contributed by atoms with van der Waals surface area (Å²) in [6.45, 7) is 0.00501. The monoisotopic (exact) mass is 646 g/mol. The molecule has 1 saturated heterocycles. The van der Waals surface area contributed by atoms with E-state index in [1.807, 2.05) is 42.5 Å². The van der Waals surface area contributed by atoms with Crippen LogP contribution in [0, 0.1) is 0 Å². The maximum absolute atomic E-state index is 13.5. The fourth-order valence-electron chi connectivity index (χ4n) is 5.01. The van der Waals surface area contributed by atoms with E-state index in [0.717, 1.165) is 16.7 Å². The zero-order chi connectivity index (χ0) is 34.0. The third-order valence-electron chi connectivity index (χ3n) is 7.29.